The molecule has 0 saturated carbocycles. The molecule has 2 aromatic rings. The molecule has 0 spiro atoms. The number of amides is 2. The third-order valence-corrected chi connectivity index (χ3v) is 4.91. The maximum absolute atomic E-state index is 12.5. The molecule has 8 heteroatoms. The zero-order valence-electron chi connectivity index (χ0n) is 15.3. The lowest BCUT2D eigenvalue weighted by molar-refractivity contribution is -0.134. The van der Waals surface area contributed by atoms with Gasteiger partial charge in [0, 0.05) is 25.2 Å². The van der Waals surface area contributed by atoms with Gasteiger partial charge < -0.3 is 16.0 Å². The largest absolute Gasteiger partial charge is 0.346 e. The van der Waals surface area contributed by atoms with Crippen molar-refractivity contribution in [2.75, 3.05) is 19.6 Å². The van der Waals surface area contributed by atoms with Gasteiger partial charge in [0.2, 0.25) is 11.8 Å². The third-order valence-electron chi connectivity index (χ3n) is 4.91. The normalized spacial score (nSPS) is 18.9. The van der Waals surface area contributed by atoms with Crippen molar-refractivity contribution in [2.24, 2.45) is 11.7 Å². The maximum Gasteiger partial charge on any atom is 0.241 e. The Kier molecular flexibility index (Phi) is 5.51. The highest BCUT2D eigenvalue weighted by Crippen LogP contribution is 2.26. The first kappa shape index (κ1) is 18.3. The van der Waals surface area contributed by atoms with Gasteiger partial charge in [-0.3, -0.25) is 14.0 Å². The second-order valence-corrected chi connectivity index (χ2v) is 7.15. The number of rotatable bonds is 5. The Balaban J connectivity index is 1.61. The molecule has 3 N–H and O–H groups in total. The van der Waals surface area contributed by atoms with Crippen LogP contribution in [0, 0.1) is 5.92 Å². The van der Waals surface area contributed by atoms with E-state index in [9.17, 15) is 9.59 Å². The fraction of sp³-hybridized carbons (Fsp3) is 0.556. The van der Waals surface area contributed by atoms with Gasteiger partial charge in [0.1, 0.15) is 5.82 Å². The summed E-state index contributed by atoms with van der Waals surface area (Å²) in [6.45, 7) is 5.01. The first-order valence-electron chi connectivity index (χ1n) is 9.08. The Hall–Kier alpha value is -2.48. The van der Waals surface area contributed by atoms with E-state index in [0.29, 0.717) is 13.1 Å². The summed E-state index contributed by atoms with van der Waals surface area (Å²) in [5, 5.41) is 11.2. The number of carbonyl (C=O) groups excluding carboxylic acids is 2. The molecule has 0 aliphatic carbocycles. The monoisotopic (exact) mass is 358 g/mol. The summed E-state index contributed by atoms with van der Waals surface area (Å²) in [6, 6.07) is 5.18. The molecule has 26 heavy (non-hydrogen) atoms. The minimum absolute atomic E-state index is 0.0213. The second-order valence-electron chi connectivity index (χ2n) is 7.15. The van der Waals surface area contributed by atoms with Crippen molar-refractivity contribution in [3.05, 3.63) is 30.2 Å². The van der Waals surface area contributed by atoms with Gasteiger partial charge in [-0.25, -0.2) is 0 Å². The molecule has 2 amide bonds. The Morgan fingerprint density at radius 3 is 2.92 bits per heavy atom. The van der Waals surface area contributed by atoms with Crippen LogP contribution in [0.15, 0.2) is 24.4 Å². The molecule has 1 unspecified atom stereocenters. The van der Waals surface area contributed by atoms with E-state index in [1.165, 1.54) is 0 Å². The number of piperidine rings is 1. The average Bonchev–Trinajstić information content (AvgIpc) is 3.09. The lowest BCUT2D eigenvalue weighted by atomic mass is 9.97. The fourth-order valence-corrected chi connectivity index (χ4v) is 3.25. The smallest absolute Gasteiger partial charge is 0.241 e. The average molecular weight is 358 g/mol. The summed E-state index contributed by atoms with van der Waals surface area (Å²) in [5.74, 6) is 0.673. The molecule has 1 fully saturated rings. The van der Waals surface area contributed by atoms with E-state index < -0.39 is 6.04 Å². The van der Waals surface area contributed by atoms with Crippen LogP contribution in [-0.4, -0.2) is 57.0 Å². The predicted octanol–water partition coefficient (Wildman–Crippen LogP) is 0.535. The van der Waals surface area contributed by atoms with Crippen LogP contribution in [0.5, 0.6) is 0 Å². The van der Waals surface area contributed by atoms with Crippen molar-refractivity contribution in [1.29, 1.82) is 0 Å². The second kappa shape index (κ2) is 7.82. The summed E-state index contributed by atoms with van der Waals surface area (Å²) in [5.41, 5.74) is 6.62. The van der Waals surface area contributed by atoms with Crippen LogP contribution in [0.4, 0.5) is 0 Å². The van der Waals surface area contributed by atoms with Gasteiger partial charge in [-0.05, 0) is 30.9 Å². The molecule has 0 aromatic carbocycles. The molecular weight excluding hydrogens is 332 g/mol. The zero-order chi connectivity index (χ0) is 18.7. The number of hydrogen-bond donors (Lipinski definition) is 2. The van der Waals surface area contributed by atoms with E-state index in [-0.39, 0.29) is 30.2 Å². The van der Waals surface area contributed by atoms with E-state index in [1.807, 2.05) is 42.6 Å². The van der Waals surface area contributed by atoms with Gasteiger partial charge in [-0.2, -0.15) is 0 Å². The van der Waals surface area contributed by atoms with Crippen LogP contribution in [0.25, 0.3) is 5.65 Å². The number of hydrogen-bond acceptors (Lipinski definition) is 5. The molecule has 3 rings (SSSR count). The van der Waals surface area contributed by atoms with Crippen LogP contribution < -0.4 is 11.1 Å². The number of nitrogens with two attached hydrogens (primary N) is 1. The van der Waals surface area contributed by atoms with E-state index >= 15 is 0 Å². The molecule has 1 aliphatic rings. The van der Waals surface area contributed by atoms with E-state index in [1.54, 1.807) is 4.90 Å². The zero-order valence-corrected chi connectivity index (χ0v) is 15.3. The minimum Gasteiger partial charge on any atom is -0.346 e. The number of aromatic nitrogens is 3. The summed E-state index contributed by atoms with van der Waals surface area (Å²) in [4.78, 5) is 26.2. The van der Waals surface area contributed by atoms with Crippen molar-refractivity contribution >= 4 is 17.5 Å². The molecule has 140 valence electrons. The highest BCUT2D eigenvalue weighted by Gasteiger charge is 2.28. The number of pyridine rings is 1. The highest BCUT2D eigenvalue weighted by atomic mass is 16.2. The Labute approximate surface area is 152 Å². The standard InChI is InChI=1S/C18H26N6O2/c1-12(2)16(19)18(26)20-10-15(25)23-8-5-6-13(11-23)17-22-21-14-7-3-4-9-24(14)17/h3-4,7,9,12-13,16H,5-6,8,10-11,19H2,1-2H3,(H,20,26)/t13?,16-/m0/s1. The van der Waals surface area contributed by atoms with Crippen LogP contribution in [0.2, 0.25) is 0 Å². The van der Waals surface area contributed by atoms with Gasteiger partial charge in [0.05, 0.1) is 12.6 Å². The third kappa shape index (κ3) is 3.85. The quantitative estimate of drug-likeness (QED) is 0.811. The van der Waals surface area contributed by atoms with Crippen LogP contribution >= 0.6 is 0 Å². The summed E-state index contributed by atoms with van der Waals surface area (Å²) in [6.07, 6.45) is 3.81. The van der Waals surface area contributed by atoms with Crippen LogP contribution in [0.1, 0.15) is 38.4 Å². The number of nitrogens with zero attached hydrogens (tertiary/aromatic N) is 4. The fourth-order valence-electron chi connectivity index (χ4n) is 3.25. The van der Waals surface area contributed by atoms with Crippen molar-refractivity contribution < 1.29 is 9.59 Å². The molecule has 0 bridgehead atoms. The minimum atomic E-state index is -0.598. The van der Waals surface area contributed by atoms with Gasteiger partial charge in [0.15, 0.2) is 5.65 Å². The summed E-state index contributed by atoms with van der Waals surface area (Å²) in [7, 11) is 0. The van der Waals surface area contributed by atoms with Crippen molar-refractivity contribution in [3.63, 3.8) is 0 Å². The highest BCUT2D eigenvalue weighted by molar-refractivity contribution is 5.87. The summed E-state index contributed by atoms with van der Waals surface area (Å²) >= 11 is 0. The number of likely N-dealkylation sites (tertiary alicyclic amines) is 1. The van der Waals surface area contributed by atoms with Crippen molar-refractivity contribution in [1.82, 2.24) is 24.8 Å². The lowest BCUT2D eigenvalue weighted by Crippen LogP contribution is -2.49. The molecule has 1 saturated heterocycles. The predicted molar refractivity (Wildman–Crippen MR) is 97.4 cm³/mol. The molecule has 8 nitrogen and oxygen atoms in total. The van der Waals surface area contributed by atoms with E-state index in [0.717, 1.165) is 24.3 Å². The van der Waals surface area contributed by atoms with E-state index in [4.69, 9.17) is 5.73 Å². The molecule has 0 radical (unpaired) electrons. The summed E-state index contributed by atoms with van der Waals surface area (Å²) < 4.78 is 1.97. The van der Waals surface area contributed by atoms with Gasteiger partial charge in [0.25, 0.3) is 0 Å². The first-order chi connectivity index (χ1) is 12.5. The van der Waals surface area contributed by atoms with Crippen molar-refractivity contribution in [2.45, 2.75) is 38.6 Å². The number of fused-ring (bicyclic) bond motifs is 1. The number of carbonyl (C=O) groups is 2. The van der Waals surface area contributed by atoms with E-state index in [2.05, 4.69) is 15.5 Å². The Bertz CT molecular complexity index is 787. The van der Waals surface area contributed by atoms with Gasteiger partial charge in [-0.15, -0.1) is 10.2 Å². The Morgan fingerprint density at radius 2 is 2.15 bits per heavy atom. The van der Waals surface area contributed by atoms with Crippen LogP contribution in [0.3, 0.4) is 0 Å². The molecular formula is C18H26N6O2. The van der Waals surface area contributed by atoms with Gasteiger partial charge in [-0.1, -0.05) is 19.9 Å². The van der Waals surface area contributed by atoms with Gasteiger partial charge >= 0.3 is 0 Å². The Morgan fingerprint density at radius 1 is 1.35 bits per heavy atom. The maximum atomic E-state index is 12.5. The lowest BCUT2D eigenvalue weighted by Gasteiger charge is -2.32. The molecule has 3 heterocycles. The molecule has 2 atom stereocenters. The molecule has 2 aromatic heterocycles. The first-order valence-corrected chi connectivity index (χ1v) is 9.08. The molecule has 1 aliphatic heterocycles. The van der Waals surface area contributed by atoms with Crippen molar-refractivity contribution in [3.8, 4) is 0 Å². The SMILES string of the molecule is CC(C)[C@H](N)C(=O)NCC(=O)N1CCCC(c2nnc3ccccn23)C1. The van der Waals surface area contributed by atoms with Crippen LogP contribution in [-0.2, 0) is 9.59 Å². The topological polar surface area (TPSA) is 106 Å². The number of nitrogens with one attached hydrogen (secondary N) is 1.